The van der Waals surface area contributed by atoms with E-state index in [1.54, 1.807) is 0 Å². The lowest BCUT2D eigenvalue weighted by molar-refractivity contribution is 0.221. The quantitative estimate of drug-likeness (QED) is 0.825. The summed E-state index contributed by atoms with van der Waals surface area (Å²) >= 11 is 5.15. The fourth-order valence-corrected chi connectivity index (χ4v) is 2.72. The number of aromatic amines is 1. The molecule has 1 heterocycles. The zero-order valence-electron chi connectivity index (χ0n) is 11.2. The second-order valence-corrected chi connectivity index (χ2v) is 6.28. The average molecular weight is 254 g/mol. The minimum Gasteiger partial charge on any atom is -0.341 e. The summed E-state index contributed by atoms with van der Waals surface area (Å²) in [5, 5.41) is 7.15. The summed E-state index contributed by atoms with van der Waals surface area (Å²) < 4.78 is 2.62. The number of hydrogen-bond acceptors (Lipinski definition) is 3. The van der Waals surface area contributed by atoms with Crippen LogP contribution in [0.25, 0.3) is 0 Å². The Bertz CT molecular complexity index is 436. The van der Waals surface area contributed by atoms with Gasteiger partial charge in [-0.2, -0.15) is 0 Å². The van der Waals surface area contributed by atoms with Crippen molar-refractivity contribution in [1.29, 1.82) is 0 Å². The first-order valence-corrected chi connectivity index (χ1v) is 6.66. The van der Waals surface area contributed by atoms with Crippen LogP contribution in [0.5, 0.6) is 0 Å². The summed E-state index contributed by atoms with van der Waals surface area (Å²) in [5.74, 6) is 0.944. The highest BCUT2D eigenvalue weighted by atomic mass is 32.1. The highest BCUT2D eigenvalue weighted by Crippen LogP contribution is 2.37. The highest BCUT2D eigenvalue weighted by Gasteiger charge is 2.30. The molecule has 4 nitrogen and oxygen atoms in total. The Morgan fingerprint density at radius 2 is 2.00 bits per heavy atom. The van der Waals surface area contributed by atoms with Crippen molar-refractivity contribution in [3.8, 4) is 0 Å². The van der Waals surface area contributed by atoms with E-state index in [4.69, 9.17) is 12.2 Å². The van der Waals surface area contributed by atoms with Gasteiger partial charge in [-0.3, -0.25) is 4.57 Å². The molecule has 0 bridgehead atoms. The minimum atomic E-state index is 0.508. The predicted molar refractivity (Wildman–Crippen MR) is 72.8 cm³/mol. The van der Waals surface area contributed by atoms with Crippen LogP contribution in [0.3, 0.4) is 0 Å². The van der Waals surface area contributed by atoms with Crippen LogP contribution in [0.1, 0.15) is 39.5 Å². The fraction of sp³-hybridized carbons (Fsp3) is 0.833. The third kappa shape index (κ3) is 2.54. The monoisotopic (exact) mass is 254 g/mol. The number of nitrogens with one attached hydrogen (secondary N) is 1. The van der Waals surface area contributed by atoms with Crippen LogP contribution in [0.2, 0.25) is 0 Å². The number of H-pyrrole nitrogens is 1. The van der Waals surface area contributed by atoms with E-state index in [1.807, 2.05) is 11.6 Å². The number of anilines is 1. The van der Waals surface area contributed by atoms with Gasteiger partial charge in [0, 0.05) is 20.1 Å². The van der Waals surface area contributed by atoms with E-state index < -0.39 is 0 Å². The van der Waals surface area contributed by atoms with E-state index in [1.165, 1.54) is 25.7 Å². The Labute approximate surface area is 108 Å². The van der Waals surface area contributed by atoms with Crippen LogP contribution in [0, 0.1) is 10.2 Å². The molecule has 0 spiro atoms. The Balaban J connectivity index is 2.09. The SMILES string of the molecule is CN(c1n[nH]c(=S)n1C)C1CCC(C)(C)CC1. The maximum Gasteiger partial charge on any atom is 0.225 e. The van der Waals surface area contributed by atoms with E-state index in [-0.39, 0.29) is 0 Å². The highest BCUT2D eigenvalue weighted by molar-refractivity contribution is 7.71. The molecule has 96 valence electrons. The Morgan fingerprint density at radius 1 is 1.41 bits per heavy atom. The van der Waals surface area contributed by atoms with Crippen molar-refractivity contribution in [2.45, 2.75) is 45.6 Å². The summed E-state index contributed by atoms with van der Waals surface area (Å²) in [6.07, 6.45) is 5.06. The predicted octanol–water partition coefficient (Wildman–Crippen LogP) is 2.88. The van der Waals surface area contributed by atoms with Gasteiger partial charge in [0.25, 0.3) is 0 Å². The molecule has 1 N–H and O–H groups in total. The van der Waals surface area contributed by atoms with Crippen molar-refractivity contribution in [3.63, 3.8) is 0 Å². The third-order valence-electron chi connectivity index (χ3n) is 4.03. The molecule has 0 radical (unpaired) electrons. The van der Waals surface area contributed by atoms with Crippen molar-refractivity contribution < 1.29 is 0 Å². The lowest BCUT2D eigenvalue weighted by Crippen LogP contribution is -2.38. The average Bonchev–Trinajstić information content (AvgIpc) is 2.59. The molecule has 0 saturated heterocycles. The standard InChI is InChI=1S/C12H22N4S/c1-12(2)7-5-9(6-8-12)15(3)10-13-14-11(17)16(10)4/h9H,5-8H2,1-4H3,(H,14,17). The molecule has 1 aliphatic rings. The molecule has 17 heavy (non-hydrogen) atoms. The van der Waals surface area contributed by atoms with Gasteiger partial charge in [0.15, 0.2) is 4.77 Å². The maximum absolute atomic E-state index is 5.15. The molecule has 0 atom stereocenters. The van der Waals surface area contributed by atoms with Crippen LogP contribution in [0.15, 0.2) is 0 Å². The largest absolute Gasteiger partial charge is 0.341 e. The molecule has 0 aliphatic heterocycles. The smallest absolute Gasteiger partial charge is 0.225 e. The minimum absolute atomic E-state index is 0.508. The molecule has 1 saturated carbocycles. The van der Waals surface area contributed by atoms with E-state index in [9.17, 15) is 0 Å². The Hall–Kier alpha value is -0.840. The van der Waals surface area contributed by atoms with Crippen molar-refractivity contribution in [3.05, 3.63) is 4.77 Å². The zero-order valence-corrected chi connectivity index (χ0v) is 12.0. The van der Waals surface area contributed by atoms with Crippen LogP contribution >= 0.6 is 12.2 Å². The summed E-state index contributed by atoms with van der Waals surface area (Å²) in [6.45, 7) is 4.72. The zero-order chi connectivity index (χ0) is 12.6. The topological polar surface area (TPSA) is 36.9 Å². The number of nitrogens with zero attached hydrogens (tertiary/aromatic N) is 3. The number of rotatable bonds is 2. The molecule has 5 heteroatoms. The molecule has 1 aliphatic carbocycles. The molecule has 1 fully saturated rings. The summed E-state index contributed by atoms with van der Waals surface area (Å²) in [4.78, 5) is 2.27. The van der Waals surface area contributed by atoms with E-state index in [0.717, 1.165) is 5.95 Å². The van der Waals surface area contributed by atoms with Gasteiger partial charge in [-0.15, -0.1) is 5.10 Å². The lowest BCUT2D eigenvalue weighted by Gasteiger charge is -2.38. The Morgan fingerprint density at radius 3 is 2.47 bits per heavy atom. The van der Waals surface area contributed by atoms with Gasteiger partial charge in [-0.05, 0) is 43.3 Å². The van der Waals surface area contributed by atoms with Gasteiger partial charge in [0.05, 0.1) is 0 Å². The number of aromatic nitrogens is 3. The third-order valence-corrected chi connectivity index (χ3v) is 4.39. The van der Waals surface area contributed by atoms with Crippen molar-refractivity contribution >= 4 is 18.2 Å². The van der Waals surface area contributed by atoms with Gasteiger partial charge in [0.1, 0.15) is 0 Å². The van der Waals surface area contributed by atoms with Crippen molar-refractivity contribution in [2.24, 2.45) is 12.5 Å². The van der Waals surface area contributed by atoms with Gasteiger partial charge in [-0.25, -0.2) is 5.10 Å². The lowest BCUT2D eigenvalue weighted by atomic mass is 9.75. The fourth-order valence-electron chi connectivity index (χ4n) is 2.59. The second-order valence-electron chi connectivity index (χ2n) is 5.89. The molecule has 1 aromatic heterocycles. The first-order chi connectivity index (χ1) is 7.91. The Kier molecular flexibility index (Phi) is 3.30. The molecule has 2 rings (SSSR count). The summed E-state index contributed by atoms with van der Waals surface area (Å²) in [6, 6.07) is 0.590. The van der Waals surface area contributed by atoms with E-state index in [2.05, 4.69) is 36.0 Å². The van der Waals surface area contributed by atoms with Crippen LogP contribution in [-0.4, -0.2) is 27.9 Å². The first-order valence-electron chi connectivity index (χ1n) is 6.25. The molecule has 0 amide bonds. The van der Waals surface area contributed by atoms with Crippen LogP contribution in [0.4, 0.5) is 5.95 Å². The van der Waals surface area contributed by atoms with Gasteiger partial charge < -0.3 is 4.90 Å². The molecular weight excluding hydrogens is 232 g/mol. The number of hydrogen-bond donors (Lipinski definition) is 1. The van der Waals surface area contributed by atoms with Gasteiger partial charge in [0.2, 0.25) is 5.95 Å². The van der Waals surface area contributed by atoms with Crippen molar-refractivity contribution in [1.82, 2.24) is 14.8 Å². The molecule has 0 unspecified atom stereocenters. The van der Waals surface area contributed by atoms with Crippen LogP contribution in [-0.2, 0) is 7.05 Å². The van der Waals surface area contributed by atoms with Gasteiger partial charge in [-0.1, -0.05) is 13.8 Å². The molecule has 1 aromatic rings. The maximum atomic E-state index is 5.15. The van der Waals surface area contributed by atoms with Gasteiger partial charge >= 0.3 is 0 Å². The van der Waals surface area contributed by atoms with E-state index >= 15 is 0 Å². The van der Waals surface area contributed by atoms with E-state index in [0.29, 0.717) is 16.2 Å². The molecular formula is C12H22N4S. The summed E-state index contributed by atoms with van der Waals surface area (Å²) in [5.41, 5.74) is 0.508. The first kappa shape index (κ1) is 12.6. The second kappa shape index (κ2) is 4.44. The van der Waals surface area contributed by atoms with Crippen molar-refractivity contribution in [2.75, 3.05) is 11.9 Å². The molecule has 0 aromatic carbocycles. The van der Waals surface area contributed by atoms with Crippen LogP contribution < -0.4 is 4.90 Å². The normalized spacial score (nSPS) is 20.5. The summed E-state index contributed by atoms with van der Waals surface area (Å²) in [7, 11) is 4.08.